The Labute approximate surface area is 142 Å². The Hall–Kier alpha value is -1.14. The van der Waals surface area contributed by atoms with E-state index in [0.29, 0.717) is 24.3 Å². The van der Waals surface area contributed by atoms with Crippen LogP contribution in [-0.2, 0) is 4.74 Å². The summed E-state index contributed by atoms with van der Waals surface area (Å²) in [5, 5.41) is 9.27. The highest BCUT2D eigenvalue weighted by molar-refractivity contribution is 7.09. The molecule has 1 aliphatic heterocycles. The third-order valence-corrected chi connectivity index (χ3v) is 5.73. The van der Waals surface area contributed by atoms with Crippen molar-refractivity contribution in [2.24, 2.45) is 11.8 Å². The van der Waals surface area contributed by atoms with Crippen LogP contribution in [0.3, 0.4) is 0 Å². The second-order valence-electron chi connectivity index (χ2n) is 7.09. The Morgan fingerprint density at radius 2 is 2.17 bits per heavy atom. The Balaban J connectivity index is 1.44. The smallest absolute Gasteiger partial charge is 0.315 e. The third kappa shape index (κ3) is 4.23. The van der Waals surface area contributed by atoms with Gasteiger partial charge in [0.05, 0.1) is 22.8 Å². The molecule has 23 heavy (non-hydrogen) atoms. The summed E-state index contributed by atoms with van der Waals surface area (Å²) >= 11 is 1.71. The zero-order valence-electron chi connectivity index (χ0n) is 14.2. The first-order valence-corrected chi connectivity index (χ1v) is 9.54. The van der Waals surface area contributed by atoms with Crippen LogP contribution in [0.1, 0.15) is 62.7 Å². The van der Waals surface area contributed by atoms with E-state index in [1.165, 1.54) is 17.8 Å². The molecule has 3 atom stereocenters. The number of thiazole rings is 1. The van der Waals surface area contributed by atoms with Crippen LogP contribution in [0, 0.1) is 11.8 Å². The van der Waals surface area contributed by atoms with E-state index >= 15 is 0 Å². The fourth-order valence-electron chi connectivity index (χ4n) is 3.17. The van der Waals surface area contributed by atoms with Crippen molar-refractivity contribution in [1.82, 2.24) is 15.6 Å². The predicted octanol–water partition coefficient (Wildman–Crippen LogP) is 3.44. The lowest BCUT2D eigenvalue weighted by molar-refractivity contribution is 0.0545. The SMILES string of the molecule is CC(NC(=O)NCC1CCOC1C(C)C)c1csc(C2CC2)n1. The summed E-state index contributed by atoms with van der Waals surface area (Å²) in [6.45, 7) is 7.80. The lowest BCUT2D eigenvalue weighted by Gasteiger charge is -2.22. The van der Waals surface area contributed by atoms with Crippen molar-refractivity contribution in [3.05, 3.63) is 16.1 Å². The van der Waals surface area contributed by atoms with Crippen LogP contribution in [0.5, 0.6) is 0 Å². The number of hydrogen-bond acceptors (Lipinski definition) is 4. The Morgan fingerprint density at radius 1 is 1.39 bits per heavy atom. The van der Waals surface area contributed by atoms with Gasteiger partial charge in [-0.2, -0.15) is 0 Å². The summed E-state index contributed by atoms with van der Waals surface area (Å²) < 4.78 is 5.76. The van der Waals surface area contributed by atoms with Crippen molar-refractivity contribution in [2.75, 3.05) is 13.2 Å². The van der Waals surface area contributed by atoms with E-state index in [1.807, 2.05) is 6.92 Å². The normalized spacial score (nSPS) is 25.6. The maximum absolute atomic E-state index is 12.1. The lowest BCUT2D eigenvalue weighted by atomic mass is 9.93. The maximum Gasteiger partial charge on any atom is 0.315 e. The van der Waals surface area contributed by atoms with Gasteiger partial charge in [-0.15, -0.1) is 11.3 Å². The average molecular weight is 337 g/mol. The molecule has 2 aliphatic rings. The third-order valence-electron chi connectivity index (χ3n) is 4.70. The van der Waals surface area contributed by atoms with Gasteiger partial charge in [0.2, 0.25) is 0 Å². The summed E-state index contributed by atoms with van der Waals surface area (Å²) in [6, 6.07) is -0.174. The summed E-state index contributed by atoms with van der Waals surface area (Å²) in [4.78, 5) is 16.8. The van der Waals surface area contributed by atoms with Crippen molar-refractivity contribution in [3.8, 4) is 0 Å². The second kappa shape index (κ2) is 7.18. The van der Waals surface area contributed by atoms with Crippen LogP contribution in [0.4, 0.5) is 4.79 Å². The fraction of sp³-hybridized carbons (Fsp3) is 0.765. The zero-order valence-corrected chi connectivity index (χ0v) is 15.0. The van der Waals surface area contributed by atoms with Gasteiger partial charge in [0, 0.05) is 30.4 Å². The predicted molar refractivity (Wildman–Crippen MR) is 91.7 cm³/mol. The lowest BCUT2D eigenvalue weighted by Crippen LogP contribution is -2.41. The number of carbonyl (C=O) groups excluding carboxylic acids is 1. The Kier molecular flexibility index (Phi) is 5.21. The molecular weight excluding hydrogens is 310 g/mol. The topological polar surface area (TPSA) is 63.2 Å². The van der Waals surface area contributed by atoms with Crippen LogP contribution in [0.15, 0.2) is 5.38 Å². The maximum atomic E-state index is 12.1. The van der Waals surface area contributed by atoms with E-state index < -0.39 is 0 Å². The largest absolute Gasteiger partial charge is 0.378 e. The van der Waals surface area contributed by atoms with Gasteiger partial charge < -0.3 is 15.4 Å². The van der Waals surface area contributed by atoms with Crippen LogP contribution < -0.4 is 10.6 Å². The minimum atomic E-state index is -0.118. The average Bonchev–Trinajstić information content (AvgIpc) is 3.05. The number of hydrogen-bond donors (Lipinski definition) is 2. The number of amides is 2. The minimum Gasteiger partial charge on any atom is -0.378 e. The molecule has 5 nitrogen and oxygen atoms in total. The summed E-state index contributed by atoms with van der Waals surface area (Å²) in [5.74, 6) is 1.57. The first kappa shape index (κ1) is 16.7. The van der Waals surface area contributed by atoms with Crippen molar-refractivity contribution < 1.29 is 9.53 Å². The molecule has 128 valence electrons. The van der Waals surface area contributed by atoms with Gasteiger partial charge >= 0.3 is 6.03 Å². The van der Waals surface area contributed by atoms with Crippen LogP contribution in [0.25, 0.3) is 0 Å². The number of aromatic nitrogens is 1. The molecule has 0 radical (unpaired) electrons. The second-order valence-corrected chi connectivity index (χ2v) is 7.98. The van der Waals surface area contributed by atoms with Gasteiger partial charge in [-0.25, -0.2) is 9.78 Å². The van der Waals surface area contributed by atoms with Crippen molar-refractivity contribution in [1.29, 1.82) is 0 Å². The molecule has 2 amide bonds. The first-order chi connectivity index (χ1) is 11.0. The number of ether oxygens (including phenoxy) is 1. The number of carbonyl (C=O) groups is 1. The molecule has 1 aliphatic carbocycles. The van der Waals surface area contributed by atoms with Gasteiger partial charge in [0.1, 0.15) is 0 Å². The summed E-state index contributed by atoms with van der Waals surface area (Å²) in [7, 11) is 0. The first-order valence-electron chi connectivity index (χ1n) is 8.66. The summed E-state index contributed by atoms with van der Waals surface area (Å²) in [6.07, 6.45) is 3.80. The van der Waals surface area contributed by atoms with Crippen molar-refractivity contribution in [2.45, 2.75) is 58.1 Å². The molecule has 1 aromatic heterocycles. The summed E-state index contributed by atoms with van der Waals surface area (Å²) in [5.41, 5.74) is 0.969. The van der Waals surface area contributed by atoms with E-state index in [4.69, 9.17) is 4.74 Å². The molecule has 0 spiro atoms. The number of urea groups is 1. The van der Waals surface area contributed by atoms with E-state index in [0.717, 1.165) is 18.7 Å². The van der Waals surface area contributed by atoms with Crippen LogP contribution in [0.2, 0.25) is 0 Å². The fourth-order valence-corrected chi connectivity index (χ4v) is 4.26. The van der Waals surface area contributed by atoms with Gasteiger partial charge in [-0.3, -0.25) is 0 Å². The van der Waals surface area contributed by atoms with Crippen LogP contribution in [-0.4, -0.2) is 30.3 Å². The Bertz CT molecular complexity index is 542. The Morgan fingerprint density at radius 3 is 2.87 bits per heavy atom. The monoisotopic (exact) mass is 337 g/mol. The molecule has 2 N–H and O–H groups in total. The molecule has 1 saturated heterocycles. The molecule has 6 heteroatoms. The molecule has 2 fully saturated rings. The van der Waals surface area contributed by atoms with Crippen molar-refractivity contribution >= 4 is 17.4 Å². The van der Waals surface area contributed by atoms with Gasteiger partial charge in [0.25, 0.3) is 0 Å². The van der Waals surface area contributed by atoms with Gasteiger partial charge in [0.15, 0.2) is 0 Å². The quantitative estimate of drug-likeness (QED) is 0.836. The van der Waals surface area contributed by atoms with E-state index in [9.17, 15) is 4.79 Å². The van der Waals surface area contributed by atoms with Crippen molar-refractivity contribution in [3.63, 3.8) is 0 Å². The number of nitrogens with zero attached hydrogens (tertiary/aromatic N) is 1. The van der Waals surface area contributed by atoms with E-state index in [-0.39, 0.29) is 18.2 Å². The molecular formula is C17H27N3O2S. The van der Waals surface area contributed by atoms with Gasteiger partial charge in [-0.1, -0.05) is 13.8 Å². The number of nitrogens with one attached hydrogen (secondary N) is 2. The molecule has 1 saturated carbocycles. The minimum absolute atomic E-state index is 0.0560. The molecule has 3 unspecified atom stereocenters. The molecule has 2 heterocycles. The standard InChI is InChI=1S/C17H27N3O2S/c1-10(2)15-13(6-7-22-15)8-18-17(21)19-11(3)14-9-23-16(20-14)12-4-5-12/h9-13,15H,4-8H2,1-3H3,(H2,18,19,21). The van der Waals surface area contributed by atoms with E-state index in [1.54, 1.807) is 11.3 Å². The van der Waals surface area contributed by atoms with E-state index in [2.05, 4.69) is 34.8 Å². The molecule has 0 bridgehead atoms. The zero-order chi connectivity index (χ0) is 16.4. The molecule has 1 aromatic rings. The van der Waals surface area contributed by atoms with Crippen LogP contribution >= 0.6 is 11.3 Å². The van der Waals surface area contributed by atoms with Gasteiger partial charge in [-0.05, 0) is 32.1 Å². The highest BCUT2D eigenvalue weighted by Crippen LogP contribution is 2.41. The highest BCUT2D eigenvalue weighted by Gasteiger charge is 2.31. The highest BCUT2D eigenvalue weighted by atomic mass is 32.1. The molecule has 0 aromatic carbocycles. The number of rotatable bonds is 6. The molecule has 3 rings (SSSR count).